The van der Waals surface area contributed by atoms with Gasteiger partial charge < -0.3 is 14.2 Å². The quantitative estimate of drug-likeness (QED) is 0.130. The minimum atomic E-state index is -0.723. The van der Waals surface area contributed by atoms with E-state index in [1.54, 1.807) is 24.3 Å². The van der Waals surface area contributed by atoms with Crippen LogP contribution in [0.4, 0.5) is 5.69 Å². The standard InChI is InChI=1S/C32H27NO8/c1-19-5-3-8-26-28(19)30(36)33(29(26)35)23-13-9-21(10-14-23)31(37)40-18-27(34)20-11-15-24(16-12-20)41-32(38)22-6-4-7-25(17-22)39-2/h3-7,9-17,19,26,28H,8,18H2,1-2H3. The number of ketones is 1. The second kappa shape index (κ2) is 11.6. The number of hydrogen-bond donors (Lipinski definition) is 0. The van der Waals surface area contributed by atoms with Crippen molar-refractivity contribution in [2.45, 2.75) is 13.3 Å². The molecule has 1 aliphatic heterocycles. The number of fused-ring (bicyclic) bond motifs is 1. The maximum absolute atomic E-state index is 13.0. The first kappa shape index (κ1) is 27.5. The molecule has 0 N–H and O–H groups in total. The highest BCUT2D eigenvalue weighted by atomic mass is 16.5. The number of methoxy groups -OCH3 is 1. The zero-order valence-electron chi connectivity index (χ0n) is 22.4. The zero-order chi connectivity index (χ0) is 29.1. The molecule has 1 aliphatic carbocycles. The van der Waals surface area contributed by atoms with Crippen molar-refractivity contribution < 1.29 is 38.2 Å². The summed E-state index contributed by atoms with van der Waals surface area (Å²) in [7, 11) is 1.50. The van der Waals surface area contributed by atoms with Gasteiger partial charge in [0.25, 0.3) is 0 Å². The molecule has 0 aromatic heterocycles. The van der Waals surface area contributed by atoms with Gasteiger partial charge in [-0.2, -0.15) is 0 Å². The third-order valence-electron chi connectivity index (χ3n) is 7.26. The number of rotatable bonds is 8. The number of benzene rings is 3. The SMILES string of the molecule is COc1cccc(C(=O)Oc2ccc(C(=O)COC(=O)c3ccc(N4C(=O)C5CC=CC(C)C5C4=O)cc3)cc2)c1. The Hall–Kier alpha value is -5.05. The van der Waals surface area contributed by atoms with Crippen LogP contribution in [0.2, 0.25) is 0 Å². The summed E-state index contributed by atoms with van der Waals surface area (Å²) >= 11 is 0. The molecule has 2 amide bonds. The molecule has 0 spiro atoms. The van der Waals surface area contributed by atoms with E-state index in [-0.39, 0.29) is 46.4 Å². The number of anilines is 1. The van der Waals surface area contributed by atoms with Crippen molar-refractivity contribution in [2.75, 3.05) is 18.6 Å². The Morgan fingerprint density at radius 1 is 0.829 bits per heavy atom. The molecule has 3 aromatic carbocycles. The van der Waals surface area contributed by atoms with E-state index in [0.29, 0.717) is 23.4 Å². The molecule has 1 fully saturated rings. The Labute approximate surface area is 236 Å². The van der Waals surface area contributed by atoms with Crippen molar-refractivity contribution in [3.63, 3.8) is 0 Å². The molecule has 1 saturated heterocycles. The maximum atomic E-state index is 13.0. The molecule has 208 valence electrons. The monoisotopic (exact) mass is 553 g/mol. The summed E-state index contributed by atoms with van der Waals surface area (Å²) in [6, 6.07) is 18.4. The molecule has 0 radical (unpaired) electrons. The predicted molar refractivity (Wildman–Crippen MR) is 148 cm³/mol. The van der Waals surface area contributed by atoms with E-state index < -0.39 is 24.3 Å². The summed E-state index contributed by atoms with van der Waals surface area (Å²) in [4.78, 5) is 64.6. The van der Waals surface area contributed by atoms with E-state index in [1.807, 2.05) is 19.1 Å². The number of ether oxygens (including phenoxy) is 3. The fourth-order valence-corrected chi connectivity index (χ4v) is 5.07. The molecule has 0 bridgehead atoms. The van der Waals surface area contributed by atoms with Crippen LogP contribution in [0.25, 0.3) is 0 Å². The molecule has 1 heterocycles. The van der Waals surface area contributed by atoms with Gasteiger partial charge in [0.2, 0.25) is 11.8 Å². The van der Waals surface area contributed by atoms with Gasteiger partial charge in [0.05, 0.1) is 35.8 Å². The third-order valence-corrected chi connectivity index (χ3v) is 7.26. The molecule has 41 heavy (non-hydrogen) atoms. The summed E-state index contributed by atoms with van der Waals surface area (Å²) in [5.74, 6) is -2.22. The lowest BCUT2D eigenvalue weighted by Gasteiger charge is -2.22. The Bertz CT molecular complexity index is 1540. The van der Waals surface area contributed by atoms with Crippen LogP contribution in [-0.4, -0.2) is 43.3 Å². The normalized spacial score (nSPS) is 19.5. The second-order valence-electron chi connectivity index (χ2n) is 9.86. The maximum Gasteiger partial charge on any atom is 0.343 e. The van der Waals surface area contributed by atoms with Crippen LogP contribution in [0.1, 0.15) is 44.4 Å². The first-order valence-electron chi connectivity index (χ1n) is 13.1. The van der Waals surface area contributed by atoms with E-state index in [1.165, 1.54) is 60.5 Å². The fraction of sp³-hybridized carbons (Fsp3) is 0.219. The Balaban J connectivity index is 1.15. The Morgan fingerprint density at radius 3 is 2.22 bits per heavy atom. The van der Waals surface area contributed by atoms with Crippen molar-refractivity contribution in [2.24, 2.45) is 17.8 Å². The Morgan fingerprint density at radius 2 is 1.54 bits per heavy atom. The van der Waals surface area contributed by atoms with Crippen molar-refractivity contribution in [3.05, 3.63) is 102 Å². The van der Waals surface area contributed by atoms with E-state index in [9.17, 15) is 24.0 Å². The number of Topliss-reactive ketones (excluding diaryl/α,β-unsaturated/α-hetero) is 1. The highest BCUT2D eigenvalue weighted by Crippen LogP contribution is 2.40. The van der Waals surface area contributed by atoms with E-state index in [2.05, 4.69) is 0 Å². The van der Waals surface area contributed by atoms with Gasteiger partial charge >= 0.3 is 11.9 Å². The molecule has 3 unspecified atom stereocenters. The highest BCUT2D eigenvalue weighted by Gasteiger charge is 2.50. The first-order valence-corrected chi connectivity index (χ1v) is 13.1. The van der Waals surface area contributed by atoms with Gasteiger partial charge in [0.15, 0.2) is 12.4 Å². The molecule has 3 aromatic rings. The largest absolute Gasteiger partial charge is 0.497 e. The fourth-order valence-electron chi connectivity index (χ4n) is 5.07. The van der Waals surface area contributed by atoms with Gasteiger partial charge in [-0.3, -0.25) is 19.3 Å². The topological polar surface area (TPSA) is 116 Å². The number of imide groups is 1. The average Bonchev–Trinajstić information content (AvgIpc) is 3.26. The lowest BCUT2D eigenvalue weighted by Crippen LogP contribution is -2.31. The van der Waals surface area contributed by atoms with Gasteiger partial charge in [-0.05, 0) is 79.1 Å². The first-order chi connectivity index (χ1) is 19.8. The van der Waals surface area contributed by atoms with Crippen LogP contribution < -0.4 is 14.4 Å². The average molecular weight is 554 g/mol. The molecule has 3 atom stereocenters. The minimum absolute atomic E-state index is 0.0212. The van der Waals surface area contributed by atoms with E-state index in [0.717, 1.165) is 0 Å². The minimum Gasteiger partial charge on any atom is -0.497 e. The van der Waals surface area contributed by atoms with Crippen molar-refractivity contribution in [3.8, 4) is 11.5 Å². The van der Waals surface area contributed by atoms with Gasteiger partial charge in [-0.25, -0.2) is 9.59 Å². The Kier molecular flexibility index (Phi) is 7.78. The summed E-state index contributed by atoms with van der Waals surface area (Å²) in [5, 5.41) is 0. The van der Waals surface area contributed by atoms with Crippen molar-refractivity contribution >= 4 is 35.2 Å². The number of hydrogen-bond acceptors (Lipinski definition) is 8. The molecular weight excluding hydrogens is 526 g/mol. The smallest absolute Gasteiger partial charge is 0.343 e. The van der Waals surface area contributed by atoms with Gasteiger partial charge in [-0.1, -0.05) is 25.1 Å². The number of nitrogens with zero attached hydrogens (tertiary/aromatic N) is 1. The van der Waals surface area contributed by atoms with Gasteiger partial charge in [0, 0.05) is 5.56 Å². The summed E-state index contributed by atoms with van der Waals surface area (Å²) in [6.07, 6.45) is 4.43. The lowest BCUT2D eigenvalue weighted by atomic mass is 9.78. The number of carbonyl (C=O) groups is 5. The molecule has 9 nitrogen and oxygen atoms in total. The molecular formula is C32H27NO8. The van der Waals surface area contributed by atoms with Crippen LogP contribution in [0.3, 0.4) is 0 Å². The summed E-state index contributed by atoms with van der Waals surface area (Å²) < 4.78 is 15.6. The predicted octanol–water partition coefficient (Wildman–Crippen LogP) is 4.66. The van der Waals surface area contributed by atoms with Crippen LogP contribution in [0, 0.1) is 17.8 Å². The van der Waals surface area contributed by atoms with Crippen LogP contribution in [-0.2, 0) is 14.3 Å². The third kappa shape index (κ3) is 5.65. The van der Waals surface area contributed by atoms with Crippen molar-refractivity contribution in [1.82, 2.24) is 0 Å². The van der Waals surface area contributed by atoms with Crippen LogP contribution in [0.5, 0.6) is 11.5 Å². The molecule has 2 aliphatic rings. The zero-order valence-corrected chi connectivity index (χ0v) is 22.4. The number of allylic oxidation sites excluding steroid dienone is 2. The summed E-state index contributed by atoms with van der Waals surface area (Å²) in [6.45, 7) is 1.43. The second-order valence-corrected chi connectivity index (χ2v) is 9.86. The molecule has 9 heteroatoms. The van der Waals surface area contributed by atoms with E-state index >= 15 is 0 Å². The number of carbonyl (C=O) groups excluding carboxylic acids is 5. The summed E-state index contributed by atoms with van der Waals surface area (Å²) in [5.41, 5.74) is 1.15. The lowest BCUT2D eigenvalue weighted by molar-refractivity contribution is -0.122. The molecule has 0 saturated carbocycles. The number of esters is 2. The van der Waals surface area contributed by atoms with Gasteiger partial charge in [0.1, 0.15) is 11.5 Å². The van der Waals surface area contributed by atoms with E-state index in [4.69, 9.17) is 14.2 Å². The van der Waals surface area contributed by atoms with Crippen LogP contribution in [0.15, 0.2) is 84.9 Å². The van der Waals surface area contributed by atoms with Crippen LogP contribution >= 0.6 is 0 Å². The highest BCUT2D eigenvalue weighted by molar-refractivity contribution is 6.22. The van der Waals surface area contributed by atoms with Gasteiger partial charge in [-0.15, -0.1) is 0 Å². The number of amides is 2. The molecule has 5 rings (SSSR count). The van der Waals surface area contributed by atoms with Crippen molar-refractivity contribution in [1.29, 1.82) is 0 Å².